The molecule has 2 aromatic carbocycles. The van der Waals surface area contributed by atoms with E-state index in [1.807, 2.05) is 6.07 Å². The second-order valence-electron chi connectivity index (χ2n) is 4.85. The predicted molar refractivity (Wildman–Crippen MR) is 77.7 cm³/mol. The first kappa shape index (κ1) is 13.8. The van der Waals surface area contributed by atoms with Gasteiger partial charge in [0.2, 0.25) is 0 Å². The van der Waals surface area contributed by atoms with Gasteiger partial charge in [0.15, 0.2) is 0 Å². The predicted octanol–water partition coefficient (Wildman–Crippen LogP) is 4.03. The first-order valence-corrected chi connectivity index (χ1v) is 6.73. The highest BCUT2D eigenvalue weighted by Crippen LogP contribution is 2.19. The number of rotatable bonds is 5. The van der Waals surface area contributed by atoms with E-state index in [-0.39, 0.29) is 11.9 Å². The number of likely N-dealkylation sites (N-methyl/N-ethyl adjacent to an activating group) is 1. The third kappa shape index (κ3) is 3.90. The van der Waals surface area contributed by atoms with Gasteiger partial charge in [0.25, 0.3) is 0 Å². The van der Waals surface area contributed by atoms with Crippen LogP contribution in [0.3, 0.4) is 0 Å². The zero-order chi connectivity index (χ0) is 13.7. The van der Waals surface area contributed by atoms with Gasteiger partial charge in [-0.3, -0.25) is 0 Å². The van der Waals surface area contributed by atoms with Crippen molar-refractivity contribution in [2.24, 2.45) is 0 Å². The summed E-state index contributed by atoms with van der Waals surface area (Å²) in [6.07, 6.45) is 0.873. The Morgan fingerprint density at radius 1 is 1.11 bits per heavy atom. The summed E-state index contributed by atoms with van der Waals surface area (Å²) in [5.41, 5.74) is 3.53. The number of benzene rings is 2. The molecule has 2 heteroatoms. The molecule has 0 heterocycles. The molecule has 1 nitrogen and oxygen atoms in total. The molecule has 0 fully saturated rings. The molecule has 0 saturated heterocycles. The largest absolute Gasteiger partial charge is 0.310 e. The molecule has 1 unspecified atom stereocenters. The van der Waals surface area contributed by atoms with Gasteiger partial charge in [-0.05, 0) is 43.1 Å². The van der Waals surface area contributed by atoms with E-state index in [9.17, 15) is 4.39 Å². The average Bonchev–Trinajstić information content (AvgIpc) is 2.41. The molecular weight excluding hydrogens is 237 g/mol. The lowest BCUT2D eigenvalue weighted by atomic mass is 9.98. The van der Waals surface area contributed by atoms with E-state index in [1.54, 1.807) is 12.1 Å². The van der Waals surface area contributed by atoms with Crippen LogP contribution >= 0.6 is 0 Å². The molecule has 2 rings (SSSR count). The van der Waals surface area contributed by atoms with Crippen LogP contribution in [-0.2, 0) is 6.42 Å². The van der Waals surface area contributed by atoms with Crippen molar-refractivity contribution >= 4 is 0 Å². The third-order valence-electron chi connectivity index (χ3n) is 3.26. The van der Waals surface area contributed by atoms with Gasteiger partial charge < -0.3 is 5.32 Å². The summed E-state index contributed by atoms with van der Waals surface area (Å²) in [7, 11) is 0. The summed E-state index contributed by atoms with van der Waals surface area (Å²) < 4.78 is 13.3. The minimum atomic E-state index is -0.177. The van der Waals surface area contributed by atoms with Gasteiger partial charge in [-0.2, -0.15) is 0 Å². The molecule has 0 saturated carbocycles. The molecule has 0 aliphatic carbocycles. The van der Waals surface area contributed by atoms with Crippen molar-refractivity contribution in [1.82, 2.24) is 5.32 Å². The fraction of sp³-hybridized carbons (Fsp3) is 0.294. The van der Waals surface area contributed by atoms with Crippen molar-refractivity contribution in [2.45, 2.75) is 26.3 Å². The number of nitrogens with one attached hydrogen (secondary N) is 1. The number of halogens is 1. The molecule has 1 N–H and O–H groups in total. The van der Waals surface area contributed by atoms with E-state index in [0.717, 1.165) is 18.5 Å². The smallest absolute Gasteiger partial charge is 0.123 e. The standard InChI is InChI=1S/C17H20FN/c1-3-19-17(15-5-4-6-16(18)12-15)11-14-9-7-13(2)8-10-14/h4-10,12,17,19H,3,11H2,1-2H3. The van der Waals surface area contributed by atoms with Crippen LogP contribution in [0.15, 0.2) is 48.5 Å². The highest BCUT2D eigenvalue weighted by molar-refractivity contribution is 5.26. The number of aryl methyl sites for hydroxylation is 1. The molecule has 0 aliphatic heterocycles. The van der Waals surface area contributed by atoms with Crippen molar-refractivity contribution in [3.8, 4) is 0 Å². The third-order valence-corrected chi connectivity index (χ3v) is 3.26. The van der Waals surface area contributed by atoms with Crippen molar-refractivity contribution < 1.29 is 4.39 Å². The highest BCUT2D eigenvalue weighted by atomic mass is 19.1. The average molecular weight is 257 g/mol. The lowest BCUT2D eigenvalue weighted by molar-refractivity contribution is 0.542. The van der Waals surface area contributed by atoms with Crippen LogP contribution in [0.2, 0.25) is 0 Å². The number of hydrogen-bond donors (Lipinski definition) is 1. The van der Waals surface area contributed by atoms with E-state index in [2.05, 4.69) is 43.4 Å². The van der Waals surface area contributed by atoms with Crippen molar-refractivity contribution in [1.29, 1.82) is 0 Å². The van der Waals surface area contributed by atoms with Crippen LogP contribution in [0, 0.1) is 12.7 Å². The summed E-state index contributed by atoms with van der Waals surface area (Å²) in [6.45, 7) is 5.02. The minimum Gasteiger partial charge on any atom is -0.310 e. The summed E-state index contributed by atoms with van der Waals surface area (Å²) in [6, 6.07) is 15.5. The van der Waals surface area contributed by atoms with E-state index in [0.29, 0.717) is 0 Å². The van der Waals surface area contributed by atoms with E-state index in [1.165, 1.54) is 17.2 Å². The molecule has 0 aliphatic rings. The first-order valence-electron chi connectivity index (χ1n) is 6.73. The van der Waals surface area contributed by atoms with Crippen LogP contribution in [0.5, 0.6) is 0 Å². The highest BCUT2D eigenvalue weighted by Gasteiger charge is 2.11. The van der Waals surface area contributed by atoms with Crippen LogP contribution < -0.4 is 5.32 Å². The van der Waals surface area contributed by atoms with Gasteiger partial charge in [-0.15, -0.1) is 0 Å². The molecule has 0 radical (unpaired) electrons. The van der Waals surface area contributed by atoms with Gasteiger partial charge in [0.05, 0.1) is 0 Å². The quantitative estimate of drug-likeness (QED) is 0.852. The van der Waals surface area contributed by atoms with Gasteiger partial charge in [-0.1, -0.05) is 48.9 Å². The molecular formula is C17H20FN. The second kappa shape index (κ2) is 6.48. The lowest BCUT2D eigenvalue weighted by Crippen LogP contribution is -2.23. The molecule has 0 amide bonds. The van der Waals surface area contributed by atoms with E-state index >= 15 is 0 Å². The summed E-state index contributed by atoms with van der Waals surface area (Å²) >= 11 is 0. The van der Waals surface area contributed by atoms with Crippen molar-refractivity contribution in [2.75, 3.05) is 6.54 Å². The Hall–Kier alpha value is -1.67. The topological polar surface area (TPSA) is 12.0 Å². The maximum absolute atomic E-state index is 13.3. The Morgan fingerprint density at radius 3 is 2.47 bits per heavy atom. The summed E-state index contributed by atoms with van der Waals surface area (Å²) in [5, 5.41) is 3.42. The Morgan fingerprint density at radius 2 is 1.84 bits per heavy atom. The molecule has 19 heavy (non-hydrogen) atoms. The lowest BCUT2D eigenvalue weighted by Gasteiger charge is -2.18. The zero-order valence-electron chi connectivity index (χ0n) is 11.5. The van der Waals surface area contributed by atoms with Gasteiger partial charge in [-0.25, -0.2) is 4.39 Å². The molecule has 0 aromatic heterocycles. The first-order chi connectivity index (χ1) is 9.19. The monoisotopic (exact) mass is 257 g/mol. The van der Waals surface area contributed by atoms with Crippen LogP contribution in [0.25, 0.3) is 0 Å². The van der Waals surface area contributed by atoms with Gasteiger partial charge in [0, 0.05) is 6.04 Å². The van der Waals surface area contributed by atoms with Gasteiger partial charge >= 0.3 is 0 Å². The maximum Gasteiger partial charge on any atom is 0.123 e. The van der Waals surface area contributed by atoms with E-state index < -0.39 is 0 Å². The maximum atomic E-state index is 13.3. The molecule has 0 bridgehead atoms. The Kier molecular flexibility index (Phi) is 4.69. The normalized spacial score (nSPS) is 12.4. The fourth-order valence-corrected chi connectivity index (χ4v) is 2.24. The number of hydrogen-bond acceptors (Lipinski definition) is 1. The van der Waals surface area contributed by atoms with Crippen molar-refractivity contribution in [3.63, 3.8) is 0 Å². The molecule has 0 spiro atoms. The van der Waals surface area contributed by atoms with Crippen LogP contribution in [0.1, 0.15) is 29.7 Å². The zero-order valence-corrected chi connectivity index (χ0v) is 11.5. The fourth-order valence-electron chi connectivity index (χ4n) is 2.24. The molecule has 2 aromatic rings. The van der Waals surface area contributed by atoms with E-state index in [4.69, 9.17) is 0 Å². The minimum absolute atomic E-state index is 0.156. The van der Waals surface area contributed by atoms with Gasteiger partial charge in [0.1, 0.15) is 5.82 Å². The Balaban J connectivity index is 2.18. The molecule has 100 valence electrons. The van der Waals surface area contributed by atoms with Crippen LogP contribution in [-0.4, -0.2) is 6.54 Å². The summed E-state index contributed by atoms with van der Waals surface area (Å²) in [5.74, 6) is -0.177. The Labute approximate surface area is 114 Å². The Bertz CT molecular complexity index is 519. The summed E-state index contributed by atoms with van der Waals surface area (Å²) in [4.78, 5) is 0. The van der Waals surface area contributed by atoms with Crippen LogP contribution in [0.4, 0.5) is 4.39 Å². The van der Waals surface area contributed by atoms with Crippen molar-refractivity contribution in [3.05, 3.63) is 71.0 Å². The molecule has 1 atom stereocenters. The second-order valence-corrected chi connectivity index (χ2v) is 4.85. The SMILES string of the molecule is CCNC(Cc1ccc(C)cc1)c1cccc(F)c1.